The summed E-state index contributed by atoms with van der Waals surface area (Å²) in [7, 11) is 1.97. The van der Waals surface area contributed by atoms with E-state index in [0.717, 1.165) is 30.8 Å². The van der Waals surface area contributed by atoms with E-state index in [4.69, 9.17) is 16.3 Å². The maximum absolute atomic E-state index is 13.1. The van der Waals surface area contributed by atoms with Gasteiger partial charge in [0.1, 0.15) is 17.7 Å². The van der Waals surface area contributed by atoms with Crippen LogP contribution in [0, 0.1) is 5.82 Å². The number of nitrogens with zero attached hydrogens (tertiary/aromatic N) is 2. The lowest BCUT2D eigenvalue weighted by Crippen LogP contribution is -2.40. The molecule has 1 aliphatic heterocycles. The number of hydrogen-bond acceptors (Lipinski definition) is 3. The van der Waals surface area contributed by atoms with Crippen LogP contribution in [-0.2, 0) is 18.2 Å². The molecule has 1 unspecified atom stereocenters. The fourth-order valence-electron chi connectivity index (χ4n) is 3.11. The Balaban J connectivity index is 1.65. The standard InChI is InChI=1S/C17H21ClFN3O/c1-11(9-12-3-4-13(19)10-14(12)18)21-15-5-8-23-16(15)17-20-6-7-22(17)2/h3-4,6-7,10-11,15-16,21H,5,8-9H2,1-2H3/t11?,15-,16-/m1/s1. The zero-order valence-electron chi connectivity index (χ0n) is 13.3. The van der Waals surface area contributed by atoms with E-state index < -0.39 is 0 Å². The molecule has 3 rings (SSSR count). The van der Waals surface area contributed by atoms with Crippen LogP contribution in [0.4, 0.5) is 4.39 Å². The van der Waals surface area contributed by atoms with E-state index in [9.17, 15) is 4.39 Å². The van der Waals surface area contributed by atoms with Crippen LogP contribution < -0.4 is 5.32 Å². The van der Waals surface area contributed by atoms with Gasteiger partial charge in [0.2, 0.25) is 0 Å². The van der Waals surface area contributed by atoms with Crippen molar-refractivity contribution in [3.05, 3.63) is 52.8 Å². The average molecular weight is 338 g/mol. The first kappa shape index (κ1) is 16.4. The Morgan fingerprint density at radius 2 is 2.35 bits per heavy atom. The minimum Gasteiger partial charge on any atom is -0.369 e. The second-order valence-corrected chi connectivity index (χ2v) is 6.50. The Morgan fingerprint density at radius 1 is 1.52 bits per heavy atom. The number of aryl methyl sites for hydroxylation is 1. The Bertz CT molecular complexity index is 676. The van der Waals surface area contributed by atoms with Crippen molar-refractivity contribution in [3.8, 4) is 0 Å². The van der Waals surface area contributed by atoms with E-state index in [1.165, 1.54) is 12.1 Å². The Morgan fingerprint density at radius 3 is 3.04 bits per heavy atom. The fraction of sp³-hybridized carbons (Fsp3) is 0.471. The van der Waals surface area contributed by atoms with Crippen molar-refractivity contribution in [2.45, 2.75) is 38.0 Å². The highest BCUT2D eigenvalue weighted by Crippen LogP contribution is 2.28. The molecule has 2 heterocycles. The largest absolute Gasteiger partial charge is 0.369 e. The van der Waals surface area contributed by atoms with Gasteiger partial charge < -0.3 is 14.6 Å². The molecule has 3 atom stereocenters. The van der Waals surface area contributed by atoms with E-state index in [1.807, 2.05) is 17.8 Å². The third kappa shape index (κ3) is 3.74. The normalized spacial score (nSPS) is 22.4. The van der Waals surface area contributed by atoms with Crippen LogP contribution in [0.2, 0.25) is 5.02 Å². The first-order valence-corrected chi connectivity index (χ1v) is 8.21. The minimum atomic E-state index is -0.307. The molecule has 0 bridgehead atoms. The number of aromatic nitrogens is 2. The third-order valence-corrected chi connectivity index (χ3v) is 4.60. The lowest BCUT2D eigenvalue weighted by atomic mass is 10.0. The maximum Gasteiger partial charge on any atom is 0.139 e. The van der Waals surface area contributed by atoms with E-state index in [2.05, 4.69) is 17.2 Å². The summed E-state index contributed by atoms with van der Waals surface area (Å²) >= 11 is 6.12. The molecule has 1 fully saturated rings. The summed E-state index contributed by atoms with van der Waals surface area (Å²) in [6.07, 6.45) is 5.36. The Hall–Kier alpha value is -1.43. The molecule has 4 nitrogen and oxygen atoms in total. The lowest BCUT2D eigenvalue weighted by Gasteiger charge is -2.24. The van der Waals surface area contributed by atoms with Gasteiger partial charge in [0, 0.05) is 43.2 Å². The van der Waals surface area contributed by atoms with Gasteiger partial charge in [-0.25, -0.2) is 9.37 Å². The van der Waals surface area contributed by atoms with Crippen LogP contribution in [0.3, 0.4) is 0 Å². The second-order valence-electron chi connectivity index (χ2n) is 6.09. The van der Waals surface area contributed by atoms with Crippen LogP contribution in [0.1, 0.15) is 30.8 Å². The van der Waals surface area contributed by atoms with Crippen molar-refractivity contribution < 1.29 is 9.13 Å². The molecule has 0 aliphatic carbocycles. The second kappa shape index (κ2) is 6.99. The van der Waals surface area contributed by atoms with Gasteiger partial charge >= 0.3 is 0 Å². The lowest BCUT2D eigenvalue weighted by molar-refractivity contribution is 0.0876. The van der Waals surface area contributed by atoms with E-state index in [1.54, 1.807) is 12.3 Å². The van der Waals surface area contributed by atoms with Gasteiger partial charge in [-0.2, -0.15) is 0 Å². The molecule has 6 heteroatoms. The zero-order chi connectivity index (χ0) is 16.4. The number of hydrogen-bond donors (Lipinski definition) is 1. The molecule has 1 N–H and O–H groups in total. The van der Waals surface area contributed by atoms with Gasteiger partial charge in [-0.15, -0.1) is 0 Å². The maximum atomic E-state index is 13.1. The molecule has 0 saturated carbocycles. The SMILES string of the molecule is CC(Cc1ccc(F)cc1Cl)N[C@@H]1CCO[C@H]1c1nccn1C. The van der Waals surface area contributed by atoms with Crippen LogP contribution in [0.25, 0.3) is 0 Å². The summed E-state index contributed by atoms with van der Waals surface area (Å²) in [6, 6.07) is 4.97. The van der Waals surface area contributed by atoms with Gasteiger partial charge in [0.05, 0.1) is 0 Å². The van der Waals surface area contributed by atoms with E-state index >= 15 is 0 Å². The summed E-state index contributed by atoms with van der Waals surface area (Å²) < 4.78 is 21.0. The summed E-state index contributed by atoms with van der Waals surface area (Å²) in [6.45, 7) is 2.83. The predicted molar refractivity (Wildman–Crippen MR) is 88.0 cm³/mol. The number of rotatable bonds is 5. The van der Waals surface area contributed by atoms with Gasteiger partial charge in [-0.3, -0.25) is 0 Å². The molecule has 1 aromatic carbocycles. The number of halogens is 2. The summed E-state index contributed by atoms with van der Waals surface area (Å²) in [5.74, 6) is 0.630. The Kier molecular flexibility index (Phi) is 4.99. The molecule has 124 valence electrons. The first-order chi connectivity index (χ1) is 11.0. The summed E-state index contributed by atoms with van der Waals surface area (Å²) in [5.41, 5.74) is 0.945. The monoisotopic (exact) mass is 337 g/mol. The molecule has 2 aromatic rings. The molecule has 0 spiro atoms. The van der Waals surface area contributed by atoms with Crippen molar-refractivity contribution in [2.24, 2.45) is 7.05 Å². The molecule has 1 aliphatic rings. The molecule has 0 amide bonds. The quantitative estimate of drug-likeness (QED) is 0.910. The molecular weight excluding hydrogens is 317 g/mol. The van der Waals surface area contributed by atoms with Gasteiger partial charge in [-0.05, 0) is 37.5 Å². The number of imidazole rings is 1. The summed E-state index contributed by atoms with van der Waals surface area (Å²) in [5, 5.41) is 4.08. The molecule has 0 radical (unpaired) electrons. The highest BCUT2D eigenvalue weighted by Gasteiger charge is 2.33. The molecule has 1 saturated heterocycles. The van der Waals surface area contributed by atoms with Crippen molar-refractivity contribution in [2.75, 3.05) is 6.61 Å². The average Bonchev–Trinajstić information content (AvgIpc) is 3.10. The highest BCUT2D eigenvalue weighted by molar-refractivity contribution is 6.31. The number of benzene rings is 1. The van der Waals surface area contributed by atoms with Crippen molar-refractivity contribution in [1.29, 1.82) is 0 Å². The van der Waals surface area contributed by atoms with Crippen molar-refractivity contribution in [3.63, 3.8) is 0 Å². The van der Waals surface area contributed by atoms with E-state index in [-0.39, 0.29) is 24.0 Å². The van der Waals surface area contributed by atoms with Gasteiger partial charge in [-0.1, -0.05) is 17.7 Å². The van der Waals surface area contributed by atoms with E-state index in [0.29, 0.717) is 5.02 Å². The first-order valence-electron chi connectivity index (χ1n) is 7.83. The topological polar surface area (TPSA) is 39.1 Å². The molecular formula is C17H21ClFN3O. The van der Waals surface area contributed by atoms with Gasteiger partial charge in [0.25, 0.3) is 0 Å². The van der Waals surface area contributed by atoms with Crippen LogP contribution in [-0.4, -0.2) is 28.2 Å². The number of ether oxygens (including phenoxy) is 1. The van der Waals surface area contributed by atoms with Crippen LogP contribution in [0.15, 0.2) is 30.6 Å². The van der Waals surface area contributed by atoms with Crippen molar-refractivity contribution >= 4 is 11.6 Å². The molecule has 23 heavy (non-hydrogen) atoms. The summed E-state index contributed by atoms with van der Waals surface area (Å²) in [4.78, 5) is 4.40. The van der Waals surface area contributed by atoms with Crippen LogP contribution in [0.5, 0.6) is 0 Å². The smallest absolute Gasteiger partial charge is 0.139 e. The predicted octanol–water partition coefficient (Wildman–Crippen LogP) is 3.26. The zero-order valence-corrected chi connectivity index (χ0v) is 14.1. The fourth-order valence-corrected chi connectivity index (χ4v) is 3.35. The van der Waals surface area contributed by atoms with Crippen LogP contribution >= 0.6 is 11.6 Å². The molecule has 1 aromatic heterocycles. The highest BCUT2D eigenvalue weighted by atomic mass is 35.5. The third-order valence-electron chi connectivity index (χ3n) is 4.24. The Labute approximate surface area is 140 Å². The van der Waals surface area contributed by atoms with Crippen molar-refractivity contribution in [1.82, 2.24) is 14.9 Å². The number of nitrogens with one attached hydrogen (secondary N) is 1. The van der Waals surface area contributed by atoms with Gasteiger partial charge in [0.15, 0.2) is 0 Å². The minimum absolute atomic E-state index is 0.0406.